The minimum Gasteiger partial charge on any atom is -0.490 e. The lowest BCUT2D eigenvalue weighted by Crippen LogP contribution is -2.12. The maximum Gasteiger partial charge on any atom is 0.255 e. The molecule has 0 spiro atoms. The van der Waals surface area contributed by atoms with E-state index in [9.17, 15) is 4.79 Å². The first-order chi connectivity index (χ1) is 11.7. The zero-order valence-electron chi connectivity index (χ0n) is 13.5. The number of anilines is 1. The molecule has 3 aromatic rings. The normalized spacial score (nSPS) is 10.6. The number of carbonyl (C=O) groups excluding carboxylic acids is 1. The molecule has 0 aliphatic carbocycles. The van der Waals surface area contributed by atoms with E-state index < -0.39 is 0 Å². The smallest absolute Gasteiger partial charge is 0.255 e. The van der Waals surface area contributed by atoms with Gasteiger partial charge in [-0.05, 0) is 44.2 Å². The molecule has 24 heavy (non-hydrogen) atoms. The van der Waals surface area contributed by atoms with Gasteiger partial charge in [0.1, 0.15) is 11.0 Å². The van der Waals surface area contributed by atoms with Crippen LogP contribution in [-0.4, -0.2) is 34.5 Å². The Bertz CT molecular complexity index is 860. The topological polar surface area (TPSA) is 89.1 Å². The number of fused-ring (bicyclic) bond motifs is 1. The Kier molecular flexibility index (Phi) is 4.60. The van der Waals surface area contributed by atoms with E-state index in [-0.39, 0.29) is 5.91 Å². The van der Waals surface area contributed by atoms with E-state index in [0.29, 0.717) is 47.0 Å². The Morgan fingerprint density at radius 2 is 1.75 bits per heavy atom. The largest absolute Gasteiger partial charge is 0.490 e. The number of aromatic amines is 1. The molecule has 0 fully saturated rings. The lowest BCUT2D eigenvalue weighted by atomic mass is 10.2. The molecule has 2 aromatic carbocycles. The highest BCUT2D eigenvalue weighted by atomic mass is 16.5. The number of hydrogen-bond acceptors (Lipinski definition) is 5. The number of carbonyl (C=O) groups is 1. The Labute approximate surface area is 139 Å². The van der Waals surface area contributed by atoms with Gasteiger partial charge in [-0.3, -0.25) is 4.79 Å². The van der Waals surface area contributed by atoms with Crippen molar-refractivity contribution in [1.29, 1.82) is 0 Å². The SMILES string of the molecule is CCOc1ccc(NC(=O)c2ccc3n[nH]nc3c2)cc1OCC. The summed E-state index contributed by atoms with van der Waals surface area (Å²) in [6.45, 7) is 4.86. The lowest BCUT2D eigenvalue weighted by Gasteiger charge is -2.13. The van der Waals surface area contributed by atoms with E-state index in [2.05, 4.69) is 20.7 Å². The summed E-state index contributed by atoms with van der Waals surface area (Å²) >= 11 is 0. The third-order valence-electron chi connectivity index (χ3n) is 3.38. The summed E-state index contributed by atoms with van der Waals surface area (Å²) in [6.07, 6.45) is 0. The molecule has 1 aromatic heterocycles. The maximum absolute atomic E-state index is 12.4. The molecule has 1 heterocycles. The van der Waals surface area contributed by atoms with Gasteiger partial charge in [0.2, 0.25) is 0 Å². The van der Waals surface area contributed by atoms with Crippen LogP contribution in [0.2, 0.25) is 0 Å². The van der Waals surface area contributed by atoms with E-state index in [0.717, 1.165) is 0 Å². The van der Waals surface area contributed by atoms with Crippen LogP contribution in [0.3, 0.4) is 0 Å². The van der Waals surface area contributed by atoms with E-state index >= 15 is 0 Å². The number of hydrogen-bond donors (Lipinski definition) is 2. The number of ether oxygens (including phenoxy) is 2. The predicted molar refractivity (Wildman–Crippen MR) is 90.6 cm³/mol. The summed E-state index contributed by atoms with van der Waals surface area (Å²) < 4.78 is 11.1. The third-order valence-corrected chi connectivity index (χ3v) is 3.38. The Hall–Kier alpha value is -3.09. The van der Waals surface area contributed by atoms with Crippen molar-refractivity contribution in [2.75, 3.05) is 18.5 Å². The number of amides is 1. The van der Waals surface area contributed by atoms with Crippen LogP contribution in [-0.2, 0) is 0 Å². The monoisotopic (exact) mass is 326 g/mol. The van der Waals surface area contributed by atoms with E-state index in [1.54, 1.807) is 36.4 Å². The summed E-state index contributed by atoms with van der Waals surface area (Å²) in [7, 11) is 0. The number of rotatable bonds is 6. The molecule has 0 aliphatic rings. The first kappa shape index (κ1) is 15.8. The van der Waals surface area contributed by atoms with Gasteiger partial charge in [-0.25, -0.2) is 0 Å². The summed E-state index contributed by atoms with van der Waals surface area (Å²) in [5.74, 6) is 1.02. The summed E-state index contributed by atoms with van der Waals surface area (Å²) in [5, 5.41) is 13.3. The van der Waals surface area contributed by atoms with E-state index in [1.165, 1.54) is 0 Å². The van der Waals surface area contributed by atoms with Crippen LogP contribution in [0.1, 0.15) is 24.2 Å². The number of H-pyrrole nitrogens is 1. The van der Waals surface area contributed by atoms with E-state index in [1.807, 2.05) is 13.8 Å². The Balaban J connectivity index is 1.81. The first-order valence-electron chi connectivity index (χ1n) is 7.72. The predicted octanol–water partition coefficient (Wildman–Crippen LogP) is 3.01. The van der Waals surface area contributed by atoms with Crippen LogP contribution in [0.25, 0.3) is 11.0 Å². The standard InChI is InChI=1S/C17H18N4O3/c1-3-23-15-8-6-12(10-16(15)24-4-2)18-17(22)11-5-7-13-14(9-11)20-21-19-13/h5-10H,3-4H2,1-2H3,(H,18,22)(H,19,20,21). The highest BCUT2D eigenvalue weighted by molar-refractivity contribution is 6.06. The quantitative estimate of drug-likeness (QED) is 0.727. The van der Waals surface area contributed by atoms with Crippen LogP contribution in [0.5, 0.6) is 11.5 Å². The van der Waals surface area contributed by atoms with Crippen LogP contribution >= 0.6 is 0 Å². The molecule has 0 saturated carbocycles. The molecule has 0 unspecified atom stereocenters. The van der Waals surface area contributed by atoms with Gasteiger partial charge in [0.25, 0.3) is 5.91 Å². The number of aromatic nitrogens is 3. The fourth-order valence-electron chi connectivity index (χ4n) is 2.31. The molecule has 0 saturated heterocycles. The second-order valence-corrected chi connectivity index (χ2v) is 5.01. The molecule has 1 amide bonds. The second-order valence-electron chi connectivity index (χ2n) is 5.01. The van der Waals surface area contributed by atoms with Crippen molar-refractivity contribution in [2.45, 2.75) is 13.8 Å². The highest BCUT2D eigenvalue weighted by Gasteiger charge is 2.11. The van der Waals surface area contributed by atoms with Gasteiger partial charge in [0.15, 0.2) is 11.5 Å². The van der Waals surface area contributed by atoms with Crippen LogP contribution in [0, 0.1) is 0 Å². The lowest BCUT2D eigenvalue weighted by molar-refractivity contribution is 0.102. The molecule has 0 atom stereocenters. The summed E-state index contributed by atoms with van der Waals surface area (Å²) in [6, 6.07) is 10.5. The molecule has 0 bridgehead atoms. The summed E-state index contributed by atoms with van der Waals surface area (Å²) in [5.41, 5.74) is 2.49. The van der Waals surface area contributed by atoms with Crippen molar-refractivity contribution in [2.24, 2.45) is 0 Å². The van der Waals surface area contributed by atoms with Crippen molar-refractivity contribution < 1.29 is 14.3 Å². The van der Waals surface area contributed by atoms with Gasteiger partial charge in [-0.2, -0.15) is 15.4 Å². The van der Waals surface area contributed by atoms with Gasteiger partial charge in [0, 0.05) is 17.3 Å². The number of benzene rings is 2. The van der Waals surface area contributed by atoms with Gasteiger partial charge in [-0.1, -0.05) is 0 Å². The van der Waals surface area contributed by atoms with Crippen molar-refractivity contribution in [3.05, 3.63) is 42.0 Å². The van der Waals surface area contributed by atoms with Gasteiger partial charge < -0.3 is 14.8 Å². The average Bonchev–Trinajstić information content (AvgIpc) is 3.05. The molecular weight excluding hydrogens is 308 g/mol. The first-order valence-corrected chi connectivity index (χ1v) is 7.72. The molecule has 0 radical (unpaired) electrons. The fourth-order valence-corrected chi connectivity index (χ4v) is 2.31. The minimum atomic E-state index is -0.230. The van der Waals surface area contributed by atoms with Crippen LogP contribution in [0.4, 0.5) is 5.69 Å². The molecule has 3 rings (SSSR count). The van der Waals surface area contributed by atoms with Crippen molar-refractivity contribution in [1.82, 2.24) is 15.4 Å². The van der Waals surface area contributed by atoms with Gasteiger partial charge in [-0.15, -0.1) is 0 Å². The van der Waals surface area contributed by atoms with Crippen LogP contribution < -0.4 is 14.8 Å². The second kappa shape index (κ2) is 6.99. The molecule has 7 nitrogen and oxygen atoms in total. The van der Waals surface area contributed by atoms with Crippen molar-refractivity contribution in [3.63, 3.8) is 0 Å². The molecule has 2 N–H and O–H groups in total. The van der Waals surface area contributed by atoms with Crippen molar-refractivity contribution >= 4 is 22.6 Å². The van der Waals surface area contributed by atoms with E-state index in [4.69, 9.17) is 9.47 Å². The molecule has 7 heteroatoms. The number of nitrogens with zero attached hydrogens (tertiary/aromatic N) is 2. The van der Waals surface area contributed by atoms with Gasteiger partial charge in [0.05, 0.1) is 13.2 Å². The fraction of sp³-hybridized carbons (Fsp3) is 0.235. The molecule has 0 aliphatic heterocycles. The molecule has 124 valence electrons. The highest BCUT2D eigenvalue weighted by Crippen LogP contribution is 2.30. The van der Waals surface area contributed by atoms with Crippen molar-refractivity contribution in [3.8, 4) is 11.5 Å². The Morgan fingerprint density at radius 3 is 2.54 bits per heavy atom. The minimum absolute atomic E-state index is 0.230. The van der Waals surface area contributed by atoms with Gasteiger partial charge >= 0.3 is 0 Å². The maximum atomic E-state index is 12.4. The summed E-state index contributed by atoms with van der Waals surface area (Å²) in [4.78, 5) is 12.4. The van der Waals surface area contributed by atoms with Crippen LogP contribution in [0.15, 0.2) is 36.4 Å². The molecular formula is C17H18N4O3. The zero-order chi connectivity index (χ0) is 16.9. The third kappa shape index (κ3) is 3.29. The zero-order valence-corrected chi connectivity index (χ0v) is 13.5. The average molecular weight is 326 g/mol. The number of nitrogens with one attached hydrogen (secondary N) is 2. The Morgan fingerprint density at radius 1 is 1.00 bits per heavy atom.